The molecule has 0 bridgehead atoms. The van der Waals surface area contributed by atoms with Crippen molar-refractivity contribution in [2.45, 2.75) is 51.9 Å². The third-order valence-corrected chi connectivity index (χ3v) is 5.85. The smallest absolute Gasteiger partial charge is 0.407 e. The number of rotatable bonds is 8. The molecule has 0 unspecified atom stereocenters. The molecular formula is C25H27N3O6. The monoisotopic (exact) mass is 465 g/mol. The van der Waals surface area contributed by atoms with Crippen LogP contribution in [-0.4, -0.2) is 33.4 Å². The normalized spacial score (nSPS) is 17.7. The lowest BCUT2D eigenvalue weighted by molar-refractivity contribution is -0.143. The summed E-state index contributed by atoms with van der Waals surface area (Å²) >= 11 is 0. The van der Waals surface area contributed by atoms with Crippen LogP contribution in [0.5, 0.6) is 5.75 Å². The van der Waals surface area contributed by atoms with Crippen LogP contribution < -0.4 is 10.1 Å². The molecular weight excluding hydrogens is 438 g/mol. The number of pyridine rings is 1. The highest BCUT2D eigenvalue weighted by molar-refractivity contribution is 5.70. The molecule has 1 saturated carbocycles. The van der Waals surface area contributed by atoms with E-state index in [2.05, 4.69) is 15.5 Å². The fourth-order valence-corrected chi connectivity index (χ4v) is 3.99. The number of carboxylic acids is 1. The number of ether oxygens (including phenoxy) is 2. The summed E-state index contributed by atoms with van der Waals surface area (Å²) in [5, 5.41) is 16.0. The number of carbonyl (C=O) groups excluding carboxylic acids is 1. The van der Waals surface area contributed by atoms with Gasteiger partial charge in [0.25, 0.3) is 0 Å². The zero-order valence-electron chi connectivity index (χ0n) is 18.9. The molecule has 0 radical (unpaired) electrons. The third kappa shape index (κ3) is 5.92. The fourth-order valence-electron chi connectivity index (χ4n) is 3.99. The van der Waals surface area contributed by atoms with Crippen LogP contribution in [0.3, 0.4) is 0 Å². The Balaban J connectivity index is 1.34. The zero-order chi connectivity index (χ0) is 23.9. The Morgan fingerprint density at radius 3 is 2.74 bits per heavy atom. The van der Waals surface area contributed by atoms with E-state index in [1.807, 2.05) is 30.3 Å². The van der Waals surface area contributed by atoms with Gasteiger partial charge in [-0.3, -0.25) is 4.79 Å². The summed E-state index contributed by atoms with van der Waals surface area (Å²) in [4.78, 5) is 27.8. The van der Waals surface area contributed by atoms with Crippen LogP contribution in [0, 0.1) is 12.8 Å². The van der Waals surface area contributed by atoms with Gasteiger partial charge in [0.05, 0.1) is 30.5 Å². The largest absolute Gasteiger partial charge is 0.489 e. The summed E-state index contributed by atoms with van der Waals surface area (Å²) in [6.45, 7) is 2.15. The van der Waals surface area contributed by atoms with Crippen LogP contribution in [0.15, 0.2) is 53.2 Å². The third-order valence-electron chi connectivity index (χ3n) is 5.85. The Morgan fingerprint density at radius 1 is 1.18 bits per heavy atom. The minimum Gasteiger partial charge on any atom is -0.489 e. The van der Waals surface area contributed by atoms with Crippen molar-refractivity contribution in [1.82, 2.24) is 15.5 Å². The van der Waals surface area contributed by atoms with Crippen LogP contribution in [0.1, 0.15) is 42.5 Å². The Kier molecular flexibility index (Phi) is 7.41. The van der Waals surface area contributed by atoms with E-state index < -0.39 is 12.1 Å². The lowest BCUT2D eigenvalue weighted by Crippen LogP contribution is -2.29. The number of amides is 1. The van der Waals surface area contributed by atoms with Gasteiger partial charge in [-0.2, -0.15) is 0 Å². The highest BCUT2D eigenvalue weighted by Gasteiger charge is 2.28. The van der Waals surface area contributed by atoms with Crippen LogP contribution in [0.25, 0.3) is 11.5 Å². The van der Waals surface area contributed by atoms with Gasteiger partial charge in [0.15, 0.2) is 5.76 Å². The van der Waals surface area contributed by atoms with E-state index in [0.717, 1.165) is 18.4 Å². The van der Waals surface area contributed by atoms with E-state index in [4.69, 9.17) is 14.0 Å². The first-order valence-electron chi connectivity index (χ1n) is 11.2. The summed E-state index contributed by atoms with van der Waals surface area (Å²) in [6.07, 6.45) is 3.74. The molecule has 0 aliphatic heterocycles. The lowest BCUT2D eigenvalue weighted by Gasteiger charge is -2.27. The van der Waals surface area contributed by atoms with E-state index in [1.165, 1.54) is 0 Å². The van der Waals surface area contributed by atoms with Crippen molar-refractivity contribution in [1.29, 1.82) is 0 Å². The number of aromatic nitrogens is 2. The Labute approximate surface area is 197 Å². The Bertz CT molecular complexity index is 1110. The first-order valence-corrected chi connectivity index (χ1v) is 11.2. The molecule has 9 heteroatoms. The minimum absolute atomic E-state index is 0.142. The molecule has 34 heavy (non-hydrogen) atoms. The molecule has 4 rings (SSSR count). The van der Waals surface area contributed by atoms with Gasteiger partial charge in [0, 0.05) is 5.56 Å². The number of benzene rings is 1. The molecule has 2 aromatic heterocycles. The van der Waals surface area contributed by atoms with E-state index >= 15 is 0 Å². The number of carbonyl (C=O) groups is 2. The van der Waals surface area contributed by atoms with Crippen LogP contribution in [0.4, 0.5) is 4.79 Å². The number of hydrogen-bond donors (Lipinski definition) is 2. The van der Waals surface area contributed by atoms with Gasteiger partial charge in [-0.05, 0) is 50.3 Å². The van der Waals surface area contributed by atoms with Crippen molar-refractivity contribution in [2.24, 2.45) is 5.92 Å². The number of nitrogens with one attached hydrogen (secondary N) is 1. The first-order chi connectivity index (χ1) is 16.5. The summed E-state index contributed by atoms with van der Waals surface area (Å²) in [6, 6.07) is 13.0. The molecule has 2 heterocycles. The van der Waals surface area contributed by atoms with Crippen molar-refractivity contribution < 1.29 is 28.7 Å². The quantitative estimate of drug-likeness (QED) is 0.499. The molecule has 2 atom stereocenters. The maximum atomic E-state index is 12.1. The van der Waals surface area contributed by atoms with Crippen LogP contribution in [0.2, 0.25) is 0 Å². The maximum Gasteiger partial charge on any atom is 0.407 e. The predicted octanol–water partition coefficient (Wildman–Crippen LogP) is 4.49. The molecule has 1 fully saturated rings. The number of nitrogens with zero attached hydrogens (tertiary/aromatic N) is 2. The molecule has 3 aromatic rings. The highest BCUT2D eigenvalue weighted by atomic mass is 16.5. The van der Waals surface area contributed by atoms with Crippen molar-refractivity contribution in [3.8, 4) is 17.2 Å². The molecule has 1 aromatic carbocycles. The summed E-state index contributed by atoms with van der Waals surface area (Å²) < 4.78 is 16.7. The minimum atomic E-state index is -0.771. The molecule has 0 saturated heterocycles. The summed E-state index contributed by atoms with van der Waals surface area (Å²) in [5.41, 5.74) is 2.80. The topological polar surface area (TPSA) is 124 Å². The number of alkyl carbamates (subject to hydrolysis) is 1. The summed E-state index contributed by atoms with van der Waals surface area (Å²) in [5.74, 6) is -0.110. The maximum absolute atomic E-state index is 12.1. The van der Waals surface area contributed by atoms with Crippen molar-refractivity contribution in [3.05, 3.63) is 65.5 Å². The first kappa shape index (κ1) is 23.3. The van der Waals surface area contributed by atoms with Gasteiger partial charge in [0.1, 0.15) is 18.1 Å². The second kappa shape index (κ2) is 10.8. The van der Waals surface area contributed by atoms with Crippen LogP contribution >= 0.6 is 0 Å². The fraction of sp³-hybridized carbons (Fsp3) is 0.360. The predicted molar refractivity (Wildman–Crippen MR) is 122 cm³/mol. The van der Waals surface area contributed by atoms with E-state index in [9.17, 15) is 14.7 Å². The Morgan fingerprint density at radius 2 is 2.00 bits per heavy atom. The van der Waals surface area contributed by atoms with Gasteiger partial charge < -0.3 is 24.4 Å². The standard InChI is InChI=1S/C25H27N3O6/c1-16-21(14-27-25(31)32-15-17-6-3-2-4-7-17)23(34-28-16)22-11-10-20(13-26-22)33-19-9-5-8-18(12-19)24(29)30/h2-4,6-7,10-11,13,18-19H,5,8-9,12,14-15H2,1H3,(H,27,31)(H,29,30)/t18-,19-/m1/s1. The van der Waals surface area contributed by atoms with Gasteiger partial charge in [-0.15, -0.1) is 0 Å². The summed E-state index contributed by atoms with van der Waals surface area (Å²) in [7, 11) is 0. The molecule has 1 aliphatic rings. The van der Waals surface area contributed by atoms with Gasteiger partial charge in [-0.25, -0.2) is 9.78 Å². The molecule has 1 amide bonds. The SMILES string of the molecule is Cc1noc(-c2ccc(O[C@@H]3CCC[C@@H](C(=O)O)C3)cn2)c1CNC(=O)OCc1ccccc1. The molecule has 2 N–H and O–H groups in total. The van der Waals surface area contributed by atoms with Gasteiger partial charge >= 0.3 is 12.1 Å². The number of carboxylic acid groups (broad SMARTS) is 1. The number of aryl methyl sites for hydroxylation is 1. The Hall–Kier alpha value is -3.88. The van der Waals surface area contributed by atoms with Crippen molar-refractivity contribution in [3.63, 3.8) is 0 Å². The highest BCUT2D eigenvalue weighted by Crippen LogP contribution is 2.29. The van der Waals surface area contributed by atoms with E-state index in [-0.39, 0.29) is 25.2 Å². The average molecular weight is 466 g/mol. The molecule has 1 aliphatic carbocycles. The van der Waals surface area contributed by atoms with Gasteiger partial charge in [0.2, 0.25) is 0 Å². The number of hydrogen-bond acceptors (Lipinski definition) is 7. The van der Waals surface area contributed by atoms with Crippen LogP contribution in [-0.2, 0) is 22.7 Å². The van der Waals surface area contributed by atoms with Gasteiger partial charge in [-0.1, -0.05) is 35.5 Å². The van der Waals surface area contributed by atoms with Crippen molar-refractivity contribution >= 4 is 12.1 Å². The molecule has 9 nitrogen and oxygen atoms in total. The molecule has 0 spiro atoms. The second-order valence-corrected chi connectivity index (χ2v) is 8.31. The van der Waals surface area contributed by atoms with E-state index in [0.29, 0.717) is 41.3 Å². The lowest BCUT2D eigenvalue weighted by atomic mass is 9.87. The molecule has 178 valence electrons. The number of aliphatic carboxylic acids is 1. The average Bonchev–Trinajstić information content (AvgIpc) is 3.23. The second-order valence-electron chi connectivity index (χ2n) is 8.31. The van der Waals surface area contributed by atoms with E-state index in [1.54, 1.807) is 25.3 Å². The van der Waals surface area contributed by atoms with Crippen molar-refractivity contribution in [2.75, 3.05) is 0 Å². The zero-order valence-corrected chi connectivity index (χ0v) is 18.9.